The van der Waals surface area contributed by atoms with Gasteiger partial charge in [0.2, 0.25) is 5.91 Å². The van der Waals surface area contributed by atoms with Crippen LogP contribution >= 0.6 is 11.8 Å². The van der Waals surface area contributed by atoms with Crippen molar-refractivity contribution in [3.8, 4) is 11.1 Å². The number of carbonyl (C=O) groups excluding carboxylic acids is 2. The molecule has 0 radical (unpaired) electrons. The molecule has 2 aliphatic rings. The van der Waals surface area contributed by atoms with Crippen molar-refractivity contribution >= 4 is 29.7 Å². The van der Waals surface area contributed by atoms with E-state index in [9.17, 15) is 19.5 Å². The summed E-state index contributed by atoms with van der Waals surface area (Å²) in [5.74, 6) is -0.507. The van der Waals surface area contributed by atoms with E-state index < -0.39 is 12.1 Å². The molecule has 2 aliphatic carbocycles. The van der Waals surface area contributed by atoms with Gasteiger partial charge in [-0.05, 0) is 46.8 Å². The van der Waals surface area contributed by atoms with Crippen molar-refractivity contribution < 1.29 is 24.2 Å². The smallest absolute Gasteiger partial charge is 0.407 e. The van der Waals surface area contributed by atoms with Crippen LogP contribution in [-0.2, 0) is 14.3 Å². The van der Waals surface area contributed by atoms with E-state index in [0.717, 1.165) is 30.4 Å². The summed E-state index contributed by atoms with van der Waals surface area (Å²) in [7, 11) is 0. The number of amides is 2. The van der Waals surface area contributed by atoms with Crippen LogP contribution < -0.4 is 5.32 Å². The summed E-state index contributed by atoms with van der Waals surface area (Å²) in [5.41, 5.74) is 4.34. The largest absolute Gasteiger partial charge is 0.480 e. The molecule has 0 saturated heterocycles. The summed E-state index contributed by atoms with van der Waals surface area (Å²) in [6, 6.07) is 16.4. The Hall–Kier alpha value is -3.00. The molecule has 0 atom stereocenters. The van der Waals surface area contributed by atoms with Gasteiger partial charge in [-0.2, -0.15) is 11.8 Å². The van der Waals surface area contributed by atoms with Gasteiger partial charge in [0.1, 0.15) is 13.2 Å². The van der Waals surface area contributed by atoms with Gasteiger partial charge in [-0.25, -0.2) is 4.79 Å². The van der Waals surface area contributed by atoms with Gasteiger partial charge in [0, 0.05) is 31.2 Å². The van der Waals surface area contributed by atoms with E-state index >= 15 is 0 Å². The zero-order valence-electron chi connectivity index (χ0n) is 20.0. The van der Waals surface area contributed by atoms with E-state index in [2.05, 4.69) is 29.6 Å². The highest BCUT2D eigenvalue weighted by atomic mass is 32.2. The van der Waals surface area contributed by atoms with Gasteiger partial charge < -0.3 is 20.1 Å². The molecule has 4 rings (SSSR count). The number of hydrogen-bond acceptors (Lipinski definition) is 5. The predicted molar refractivity (Wildman–Crippen MR) is 137 cm³/mol. The van der Waals surface area contributed by atoms with Crippen molar-refractivity contribution in [2.45, 2.75) is 31.6 Å². The SMILES string of the molecule is CSCCN(CC(=O)O)C(=O)CC1(CNC(=O)OCC2c3ccccc3-c3ccccc32)CCC1. The Bertz CT molecular complexity index is 1040. The normalized spacial score (nSPS) is 15.5. The molecule has 7 nitrogen and oxygen atoms in total. The molecule has 2 aromatic rings. The van der Waals surface area contributed by atoms with Crippen LogP contribution in [0.2, 0.25) is 0 Å². The zero-order chi connectivity index (χ0) is 24.8. The first-order valence-electron chi connectivity index (χ1n) is 12.0. The number of rotatable bonds is 11. The Morgan fingerprint density at radius 1 is 1.09 bits per heavy atom. The number of carboxylic acid groups (broad SMARTS) is 1. The predicted octanol–water partition coefficient (Wildman–Crippen LogP) is 4.36. The quantitative estimate of drug-likeness (QED) is 0.480. The number of hydrogen-bond donors (Lipinski definition) is 2. The Morgan fingerprint density at radius 3 is 2.26 bits per heavy atom. The summed E-state index contributed by atoms with van der Waals surface area (Å²) < 4.78 is 5.64. The topological polar surface area (TPSA) is 95.9 Å². The molecule has 35 heavy (non-hydrogen) atoms. The molecular formula is C27H32N2O5S. The van der Waals surface area contributed by atoms with Gasteiger partial charge in [-0.1, -0.05) is 55.0 Å². The van der Waals surface area contributed by atoms with Crippen LogP contribution in [0.15, 0.2) is 48.5 Å². The van der Waals surface area contributed by atoms with Crippen molar-refractivity contribution in [3.05, 3.63) is 59.7 Å². The minimum Gasteiger partial charge on any atom is -0.480 e. The monoisotopic (exact) mass is 496 g/mol. The van der Waals surface area contributed by atoms with Gasteiger partial charge in [0.05, 0.1) is 0 Å². The maximum absolute atomic E-state index is 12.9. The van der Waals surface area contributed by atoms with Crippen LogP contribution in [0.4, 0.5) is 4.79 Å². The Balaban J connectivity index is 1.32. The molecule has 0 unspecified atom stereocenters. The number of nitrogens with zero attached hydrogens (tertiary/aromatic N) is 1. The van der Waals surface area contributed by atoms with E-state index in [1.165, 1.54) is 16.0 Å². The van der Waals surface area contributed by atoms with Crippen LogP contribution in [-0.4, -0.2) is 66.2 Å². The summed E-state index contributed by atoms with van der Waals surface area (Å²) in [6.07, 6.45) is 4.31. The summed E-state index contributed by atoms with van der Waals surface area (Å²) >= 11 is 1.57. The first-order chi connectivity index (χ1) is 16.9. The molecule has 0 bridgehead atoms. The van der Waals surface area contributed by atoms with Crippen molar-refractivity contribution in [1.29, 1.82) is 0 Å². The highest BCUT2D eigenvalue weighted by Crippen LogP contribution is 2.45. The van der Waals surface area contributed by atoms with Crippen molar-refractivity contribution in [2.75, 3.05) is 38.2 Å². The first-order valence-corrected chi connectivity index (χ1v) is 13.4. The van der Waals surface area contributed by atoms with Crippen LogP contribution in [0, 0.1) is 5.41 Å². The lowest BCUT2D eigenvalue weighted by atomic mass is 9.66. The van der Waals surface area contributed by atoms with Crippen molar-refractivity contribution in [2.24, 2.45) is 5.41 Å². The third kappa shape index (κ3) is 5.81. The number of aliphatic carboxylic acids is 1. The molecule has 0 aromatic heterocycles. The lowest BCUT2D eigenvalue weighted by Gasteiger charge is -2.42. The highest BCUT2D eigenvalue weighted by Gasteiger charge is 2.40. The molecule has 2 N–H and O–H groups in total. The minimum atomic E-state index is -1.01. The summed E-state index contributed by atoms with van der Waals surface area (Å²) in [5, 5.41) is 12.0. The fraction of sp³-hybridized carbons (Fsp3) is 0.444. The maximum Gasteiger partial charge on any atom is 0.407 e. The number of thioether (sulfide) groups is 1. The molecule has 0 aliphatic heterocycles. The zero-order valence-corrected chi connectivity index (χ0v) is 20.8. The number of fused-ring (bicyclic) bond motifs is 3. The van der Waals surface area contributed by atoms with Gasteiger partial charge in [0.15, 0.2) is 0 Å². The average molecular weight is 497 g/mol. The molecule has 2 amide bonds. The van der Waals surface area contributed by atoms with Crippen molar-refractivity contribution in [3.63, 3.8) is 0 Å². The van der Waals surface area contributed by atoms with Crippen LogP contribution in [0.5, 0.6) is 0 Å². The Kier molecular flexibility index (Phi) is 8.00. The fourth-order valence-corrected chi connectivity index (χ4v) is 5.49. The number of nitrogens with one attached hydrogen (secondary N) is 1. The number of carboxylic acids is 1. The standard InChI is InChI=1S/C27H32N2O5S/c1-35-14-13-29(16-25(31)32)24(30)15-27(11-6-12-27)18-28-26(33)34-17-23-21-9-4-2-7-19(21)20-8-3-5-10-22(20)23/h2-5,7-10,23H,6,11-18H2,1H3,(H,28,33)(H,31,32). The number of alkyl carbamates (subject to hydrolysis) is 1. The Labute approximate surface area is 210 Å². The summed E-state index contributed by atoms with van der Waals surface area (Å²) in [6.45, 7) is 0.698. The molecule has 2 aromatic carbocycles. The highest BCUT2D eigenvalue weighted by molar-refractivity contribution is 7.98. The maximum atomic E-state index is 12.9. The lowest BCUT2D eigenvalue weighted by Crippen LogP contribution is -2.47. The second-order valence-electron chi connectivity index (χ2n) is 9.41. The van der Waals surface area contributed by atoms with E-state index in [4.69, 9.17) is 4.74 Å². The second-order valence-corrected chi connectivity index (χ2v) is 10.4. The van der Waals surface area contributed by atoms with Crippen LogP contribution in [0.1, 0.15) is 42.7 Å². The fourth-order valence-electron chi connectivity index (χ4n) is 5.09. The third-order valence-electron chi connectivity index (χ3n) is 7.14. The Morgan fingerprint density at radius 2 is 1.71 bits per heavy atom. The first kappa shape index (κ1) is 25.1. The third-order valence-corrected chi connectivity index (χ3v) is 7.73. The molecule has 8 heteroatoms. The van der Waals surface area contributed by atoms with E-state index in [1.54, 1.807) is 11.8 Å². The molecular weight excluding hydrogens is 464 g/mol. The van der Waals surface area contributed by atoms with Gasteiger partial charge in [-0.15, -0.1) is 0 Å². The molecule has 186 valence electrons. The molecule has 0 heterocycles. The lowest BCUT2D eigenvalue weighted by molar-refractivity contribution is -0.146. The average Bonchev–Trinajstić information content (AvgIpc) is 3.15. The van der Waals surface area contributed by atoms with E-state index in [0.29, 0.717) is 18.8 Å². The molecule has 1 fully saturated rings. The van der Waals surface area contributed by atoms with Crippen molar-refractivity contribution in [1.82, 2.24) is 10.2 Å². The minimum absolute atomic E-state index is 0.00611. The van der Waals surface area contributed by atoms with Gasteiger partial charge in [-0.3, -0.25) is 9.59 Å². The van der Waals surface area contributed by atoms with Crippen LogP contribution in [0.25, 0.3) is 11.1 Å². The van der Waals surface area contributed by atoms with Gasteiger partial charge in [0.25, 0.3) is 0 Å². The van der Waals surface area contributed by atoms with E-state index in [1.807, 2.05) is 30.5 Å². The number of carbonyl (C=O) groups is 3. The molecule has 0 spiro atoms. The summed E-state index contributed by atoms with van der Waals surface area (Å²) in [4.78, 5) is 38.1. The molecule has 1 saturated carbocycles. The number of benzene rings is 2. The second kappa shape index (κ2) is 11.2. The van der Waals surface area contributed by atoms with E-state index in [-0.39, 0.29) is 36.8 Å². The number of ether oxygens (including phenoxy) is 1. The van der Waals surface area contributed by atoms with Crippen LogP contribution in [0.3, 0.4) is 0 Å². The van der Waals surface area contributed by atoms with Gasteiger partial charge >= 0.3 is 12.1 Å².